The molecular formula is C22H25ClN4O2. The molecule has 1 N–H and O–H groups in total. The number of rotatable bonds is 5. The lowest BCUT2D eigenvalue weighted by atomic mass is 10.1. The number of alkyl halides is 1. The Morgan fingerprint density at radius 1 is 1.03 bits per heavy atom. The number of para-hydroxylation sites is 2. The van der Waals surface area contributed by atoms with Crippen LogP contribution in [0.15, 0.2) is 67.0 Å². The maximum Gasteiger partial charge on any atom is 0.243 e. The Balaban J connectivity index is 0.000000253. The monoisotopic (exact) mass is 412 g/mol. The molecule has 29 heavy (non-hydrogen) atoms. The molecule has 152 valence electrons. The summed E-state index contributed by atoms with van der Waals surface area (Å²) in [5.41, 5.74) is 3.84. The highest BCUT2D eigenvalue weighted by Crippen LogP contribution is 2.25. The second-order valence-electron chi connectivity index (χ2n) is 6.43. The second-order valence-corrected chi connectivity index (χ2v) is 6.70. The second kappa shape index (κ2) is 11.0. The summed E-state index contributed by atoms with van der Waals surface area (Å²) < 4.78 is 1.70. The van der Waals surface area contributed by atoms with E-state index in [2.05, 4.69) is 10.4 Å². The fourth-order valence-electron chi connectivity index (χ4n) is 2.83. The van der Waals surface area contributed by atoms with Crippen molar-refractivity contribution in [3.05, 3.63) is 78.1 Å². The lowest BCUT2D eigenvalue weighted by molar-refractivity contribution is -0.116. The third kappa shape index (κ3) is 6.76. The number of hydrogen-bond acceptors (Lipinski definition) is 3. The van der Waals surface area contributed by atoms with E-state index in [0.717, 1.165) is 22.5 Å². The first-order valence-corrected chi connectivity index (χ1v) is 9.68. The molecule has 3 aromatic rings. The number of carbonyl (C=O) groups excluding carboxylic acids is 2. The Morgan fingerprint density at radius 2 is 1.69 bits per heavy atom. The van der Waals surface area contributed by atoms with Crippen molar-refractivity contribution in [1.29, 1.82) is 0 Å². The first-order chi connectivity index (χ1) is 13.9. The van der Waals surface area contributed by atoms with E-state index in [1.807, 2.05) is 74.6 Å². The van der Waals surface area contributed by atoms with Gasteiger partial charge >= 0.3 is 0 Å². The van der Waals surface area contributed by atoms with Crippen molar-refractivity contribution in [2.24, 2.45) is 0 Å². The van der Waals surface area contributed by atoms with Crippen molar-refractivity contribution in [1.82, 2.24) is 9.78 Å². The van der Waals surface area contributed by atoms with Crippen molar-refractivity contribution >= 4 is 34.8 Å². The van der Waals surface area contributed by atoms with Crippen LogP contribution in [0.2, 0.25) is 0 Å². The molecule has 1 heterocycles. The molecule has 0 spiro atoms. The Labute approximate surface area is 176 Å². The van der Waals surface area contributed by atoms with Crippen molar-refractivity contribution in [3.63, 3.8) is 0 Å². The van der Waals surface area contributed by atoms with E-state index in [0.29, 0.717) is 6.67 Å². The topological polar surface area (TPSA) is 67.2 Å². The van der Waals surface area contributed by atoms with Crippen molar-refractivity contribution < 1.29 is 9.59 Å². The Morgan fingerprint density at radius 3 is 2.21 bits per heavy atom. The summed E-state index contributed by atoms with van der Waals surface area (Å²) in [7, 11) is 0. The quantitative estimate of drug-likeness (QED) is 0.632. The molecule has 0 aliphatic rings. The Bertz CT molecular complexity index is 907. The predicted octanol–water partition coefficient (Wildman–Crippen LogP) is 4.37. The first-order valence-electron chi connectivity index (χ1n) is 9.15. The van der Waals surface area contributed by atoms with E-state index in [1.54, 1.807) is 15.8 Å². The molecule has 2 amide bonds. The average molecular weight is 413 g/mol. The minimum atomic E-state index is -0.130. The number of carbonyl (C=O) groups is 2. The number of aryl methyl sites for hydroxylation is 2. The van der Waals surface area contributed by atoms with E-state index < -0.39 is 0 Å². The van der Waals surface area contributed by atoms with Crippen LogP contribution < -0.4 is 10.2 Å². The smallest absolute Gasteiger partial charge is 0.243 e. The van der Waals surface area contributed by atoms with E-state index in [9.17, 15) is 9.59 Å². The molecule has 0 fully saturated rings. The molecule has 0 radical (unpaired) electrons. The zero-order chi connectivity index (χ0) is 21.2. The van der Waals surface area contributed by atoms with Crippen LogP contribution in [0.1, 0.15) is 18.1 Å². The Hall–Kier alpha value is -3.12. The van der Waals surface area contributed by atoms with Crippen LogP contribution in [0.5, 0.6) is 0 Å². The summed E-state index contributed by atoms with van der Waals surface area (Å²) in [5, 5.41) is 6.80. The molecule has 3 rings (SSSR count). The normalized spacial score (nSPS) is 9.93. The van der Waals surface area contributed by atoms with Gasteiger partial charge in [0.05, 0.1) is 5.69 Å². The number of halogens is 1. The summed E-state index contributed by atoms with van der Waals surface area (Å²) >= 11 is 5.72. The predicted molar refractivity (Wildman–Crippen MR) is 117 cm³/mol. The van der Waals surface area contributed by atoms with Gasteiger partial charge in [0.1, 0.15) is 12.5 Å². The van der Waals surface area contributed by atoms with Crippen molar-refractivity contribution in [3.8, 4) is 0 Å². The average Bonchev–Trinajstić information content (AvgIpc) is 3.20. The molecule has 0 atom stereocenters. The Kier molecular flexibility index (Phi) is 8.43. The van der Waals surface area contributed by atoms with Gasteiger partial charge in [-0.2, -0.15) is 5.10 Å². The standard InChI is InChI=1S/C14H16ClN3O.C8H9NO/c1-11-5-3-6-12(2)14(11)18(13(19)9-15)10-17-8-4-7-16-17;1-7(10)9-8-5-3-2-4-6-8/h3-8H,9-10H2,1-2H3;2-6H,1H3,(H,9,10). The first kappa shape index (κ1) is 22.2. The summed E-state index contributed by atoms with van der Waals surface area (Å²) in [5.74, 6) is -0.213. The zero-order valence-electron chi connectivity index (χ0n) is 16.8. The van der Waals surface area contributed by atoms with Crippen molar-refractivity contribution in [2.45, 2.75) is 27.4 Å². The maximum absolute atomic E-state index is 12.1. The van der Waals surface area contributed by atoms with Crippen LogP contribution in [0.3, 0.4) is 0 Å². The minimum Gasteiger partial charge on any atom is -0.326 e. The van der Waals surface area contributed by atoms with Gasteiger partial charge in [-0.25, -0.2) is 0 Å². The molecule has 6 nitrogen and oxygen atoms in total. The van der Waals surface area contributed by atoms with Gasteiger partial charge in [-0.15, -0.1) is 11.6 Å². The summed E-state index contributed by atoms with van der Waals surface area (Å²) in [4.78, 5) is 24.3. The van der Waals surface area contributed by atoms with Gasteiger partial charge in [0, 0.05) is 25.0 Å². The largest absolute Gasteiger partial charge is 0.326 e. The highest BCUT2D eigenvalue weighted by atomic mass is 35.5. The molecule has 0 unspecified atom stereocenters. The zero-order valence-corrected chi connectivity index (χ0v) is 17.6. The molecule has 7 heteroatoms. The van der Waals surface area contributed by atoms with Crippen LogP contribution in [0.4, 0.5) is 11.4 Å². The maximum atomic E-state index is 12.1. The molecule has 1 aromatic heterocycles. The van der Waals surface area contributed by atoms with E-state index in [4.69, 9.17) is 11.6 Å². The minimum absolute atomic E-state index is 0.0359. The molecule has 0 aliphatic heterocycles. The number of hydrogen-bond donors (Lipinski definition) is 1. The van der Waals surface area contributed by atoms with Crippen LogP contribution >= 0.6 is 11.6 Å². The van der Waals surface area contributed by atoms with Gasteiger partial charge in [0.25, 0.3) is 0 Å². The summed E-state index contributed by atoms with van der Waals surface area (Å²) in [6.07, 6.45) is 3.51. The SMILES string of the molecule is CC(=O)Nc1ccccc1.Cc1cccc(C)c1N(Cn1cccn1)C(=O)CCl. The van der Waals surface area contributed by atoms with E-state index in [-0.39, 0.29) is 17.7 Å². The molecule has 0 saturated carbocycles. The molecule has 0 bridgehead atoms. The van der Waals surface area contributed by atoms with E-state index in [1.165, 1.54) is 6.92 Å². The van der Waals surface area contributed by atoms with Crippen molar-refractivity contribution in [2.75, 3.05) is 16.1 Å². The van der Waals surface area contributed by atoms with Crippen LogP contribution in [-0.2, 0) is 16.3 Å². The van der Waals surface area contributed by atoms with E-state index >= 15 is 0 Å². The molecule has 2 aromatic carbocycles. The van der Waals surface area contributed by atoms with Gasteiger partial charge in [-0.3, -0.25) is 19.2 Å². The van der Waals surface area contributed by atoms with Crippen LogP contribution in [0, 0.1) is 13.8 Å². The van der Waals surface area contributed by atoms with Gasteiger partial charge in [0.2, 0.25) is 11.8 Å². The lowest BCUT2D eigenvalue weighted by Crippen LogP contribution is -2.35. The lowest BCUT2D eigenvalue weighted by Gasteiger charge is -2.25. The van der Waals surface area contributed by atoms with Crippen LogP contribution in [-0.4, -0.2) is 27.5 Å². The third-order valence-electron chi connectivity index (χ3n) is 4.06. The third-order valence-corrected chi connectivity index (χ3v) is 4.29. The molecule has 0 aliphatic carbocycles. The summed E-state index contributed by atoms with van der Waals surface area (Å²) in [6, 6.07) is 17.1. The highest BCUT2D eigenvalue weighted by Gasteiger charge is 2.19. The number of anilines is 2. The fourth-order valence-corrected chi connectivity index (χ4v) is 2.98. The number of aromatic nitrogens is 2. The summed E-state index contributed by atoms with van der Waals surface area (Å²) in [6.45, 7) is 5.83. The van der Waals surface area contributed by atoms with Gasteiger partial charge in [-0.1, -0.05) is 36.4 Å². The number of nitrogens with one attached hydrogen (secondary N) is 1. The number of nitrogens with zero attached hydrogens (tertiary/aromatic N) is 3. The van der Waals surface area contributed by atoms with Gasteiger partial charge < -0.3 is 5.32 Å². The fraction of sp³-hybridized carbons (Fsp3) is 0.227. The van der Waals surface area contributed by atoms with Crippen LogP contribution in [0.25, 0.3) is 0 Å². The molecule has 0 saturated heterocycles. The molecular weight excluding hydrogens is 388 g/mol. The number of amides is 2. The number of benzene rings is 2. The van der Waals surface area contributed by atoms with Gasteiger partial charge in [-0.05, 0) is 43.2 Å². The highest BCUT2D eigenvalue weighted by molar-refractivity contribution is 6.29. The van der Waals surface area contributed by atoms with Gasteiger partial charge in [0.15, 0.2) is 0 Å².